The summed E-state index contributed by atoms with van der Waals surface area (Å²) >= 11 is 1.18. The minimum absolute atomic E-state index is 0.108. The van der Waals surface area contributed by atoms with Gasteiger partial charge in [0.05, 0.1) is 16.9 Å². The molecule has 1 atom stereocenters. The van der Waals surface area contributed by atoms with Gasteiger partial charge in [0.25, 0.3) is 0 Å². The van der Waals surface area contributed by atoms with E-state index in [0.717, 1.165) is 18.9 Å². The quantitative estimate of drug-likeness (QED) is 0.815. The molecule has 1 saturated carbocycles. The first-order valence-corrected chi connectivity index (χ1v) is 8.57. The van der Waals surface area contributed by atoms with Crippen molar-refractivity contribution in [3.63, 3.8) is 0 Å². The van der Waals surface area contributed by atoms with Crippen molar-refractivity contribution in [3.8, 4) is 0 Å². The Morgan fingerprint density at radius 1 is 1.40 bits per heavy atom. The van der Waals surface area contributed by atoms with E-state index in [1.165, 1.54) is 30.8 Å². The fourth-order valence-electron chi connectivity index (χ4n) is 2.27. The van der Waals surface area contributed by atoms with E-state index in [2.05, 4.69) is 20.8 Å². The molecular formula is C15H16F3N5OS. The molecule has 1 fully saturated rings. The molecule has 25 heavy (non-hydrogen) atoms. The van der Waals surface area contributed by atoms with Gasteiger partial charge in [-0.25, -0.2) is 4.68 Å². The fourth-order valence-corrected chi connectivity index (χ4v) is 3.13. The second-order valence-corrected chi connectivity index (χ2v) is 7.22. The number of carbonyl (C=O) groups is 1. The zero-order chi connectivity index (χ0) is 18.2. The van der Waals surface area contributed by atoms with Crippen LogP contribution in [0.1, 0.15) is 36.9 Å². The van der Waals surface area contributed by atoms with E-state index >= 15 is 0 Å². The van der Waals surface area contributed by atoms with Gasteiger partial charge in [-0.15, -0.1) is 5.10 Å². The first kappa shape index (κ1) is 17.7. The SMILES string of the molecule is Cc1ccc(NC(=O)C(C)Sc2nnnn2C2CC2)cc1C(F)(F)F. The first-order valence-electron chi connectivity index (χ1n) is 7.69. The summed E-state index contributed by atoms with van der Waals surface area (Å²) in [6.45, 7) is 3.04. The van der Waals surface area contributed by atoms with Crippen LogP contribution in [0.2, 0.25) is 0 Å². The number of aromatic nitrogens is 4. The number of benzene rings is 1. The highest BCUT2D eigenvalue weighted by Crippen LogP contribution is 2.37. The van der Waals surface area contributed by atoms with Gasteiger partial charge in [-0.2, -0.15) is 13.2 Å². The number of thioether (sulfide) groups is 1. The first-order chi connectivity index (χ1) is 11.8. The van der Waals surface area contributed by atoms with E-state index in [-0.39, 0.29) is 17.3 Å². The molecule has 2 aromatic rings. The molecule has 3 rings (SSSR count). The molecule has 6 nitrogen and oxygen atoms in total. The third-order valence-electron chi connectivity index (χ3n) is 3.82. The number of rotatable bonds is 5. The summed E-state index contributed by atoms with van der Waals surface area (Å²) in [5.41, 5.74) is -0.544. The van der Waals surface area contributed by atoms with E-state index in [1.54, 1.807) is 11.6 Å². The predicted molar refractivity (Wildman–Crippen MR) is 86.2 cm³/mol. The van der Waals surface area contributed by atoms with Crippen LogP contribution in [0.3, 0.4) is 0 Å². The Hall–Kier alpha value is -2.10. The Morgan fingerprint density at radius 3 is 2.76 bits per heavy atom. The van der Waals surface area contributed by atoms with Gasteiger partial charge in [0.1, 0.15) is 0 Å². The molecule has 1 heterocycles. The van der Waals surface area contributed by atoms with Crippen LogP contribution < -0.4 is 5.32 Å². The van der Waals surface area contributed by atoms with Crippen molar-refractivity contribution in [2.24, 2.45) is 0 Å². The monoisotopic (exact) mass is 371 g/mol. The summed E-state index contributed by atoms with van der Waals surface area (Å²) in [5, 5.41) is 13.9. The number of aryl methyl sites for hydroxylation is 1. The van der Waals surface area contributed by atoms with Crippen LogP contribution in [-0.4, -0.2) is 31.4 Å². The summed E-state index contributed by atoms with van der Waals surface area (Å²) in [4.78, 5) is 12.3. The molecule has 1 amide bonds. The molecule has 0 aliphatic heterocycles. The second-order valence-electron chi connectivity index (χ2n) is 5.91. The molecule has 0 radical (unpaired) electrons. The summed E-state index contributed by atoms with van der Waals surface area (Å²) < 4.78 is 40.6. The standard InChI is InChI=1S/C15H16F3N5OS/c1-8-3-4-10(7-12(8)15(16,17)18)19-13(24)9(2)25-14-20-21-22-23(14)11-5-6-11/h3-4,7,9,11H,5-6H2,1-2H3,(H,19,24). The largest absolute Gasteiger partial charge is 0.416 e. The van der Waals surface area contributed by atoms with Gasteiger partial charge in [-0.1, -0.05) is 17.8 Å². The Balaban J connectivity index is 1.68. The van der Waals surface area contributed by atoms with E-state index in [9.17, 15) is 18.0 Å². The Kier molecular flexibility index (Phi) is 4.72. The van der Waals surface area contributed by atoms with Gasteiger partial charge in [0, 0.05) is 5.69 Å². The number of nitrogens with zero attached hydrogens (tertiary/aromatic N) is 4. The average molecular weight is 371 g/mol. The van der Waals surface area contributed by atoms with E-state index < -0.39 is 22.9 Å². The van der Waals surface area contributed by atoms with Crippen molar-refractivity contribution in [3.05, 3.63) is 29.3 Å². The maximum absolute atomic E-state index is 13.0. The zero-order valence-corrected chi connectivity index (χ0v) is 14.4. The molecule has 1 N–H and O–H groups in total. The molecular weight excluding hydrogens is 355 g/mol. The summed E-state index contributed by atoms with van der Waals surface area (Å²) in [6, 6.07) is 4.01. The second kappa shape index (κ2) is 6.66. The number of tetrazole rings is 1. The number of alkyl halides is 3. The number of hydrogen-bond donors (Lipinski definition) is 1. The van der Waals surface area contributed by atoms with E-state index in [1.807, 2.05) is 0 Å². The third-order valence-corrected chi connectivity index (χ3v) is 4.86. The highest BCUT2D eigenvalue weighted by molar-refractivity contribution is 8.00. The molecule has 1 aromatic heterocycles. The molecule has 0 saturated heterocycles. The lowest BCUT2D eigenvalue weighted by molar-refractivity contribution is -0.138. The summed E-state index contributed by atoms with van der Waals surface area (Å²) in [5.74, 6) is -0.410. The van der Waals surface area contributed by atoms with Gasteiger partial charge in [-0.05, 0) is 54.8 Å². The number of amides is 1. The molecule has 1 aliphatic carbocycles. The lowest BCUT2D eigenvalue weighted by Gasteiger charge is -2.14. The zero-order valence-electron chi connectivity index (χ0n) is 13.5. The van der Waals surface area contributed by atoms with Gasteiger partial charge in [-0.3, -0.25) is 4.79 Å². The molecule has 1 unspecified atom stereocenters. The van der Waals surface area contributed by atoms with Gasteiger partial charge >= 0.3 is 6.18 Å². The van der Waals surface area contributed by atoms with Crippen LogP contribution in [0.4, 0.5) is 18.9 Å². The average Bonchev–Trinajstić information content (AvgIpc) is 3.28. The maximum Gasteiger partial charge on any atom is 0.416 e. The molecule has 0 bridgehead atoms. The predicted octanol–water partition coefficient (Wildman–Crippen LogP) is 3.45. The molecule has 10 heteroatoms. The van der Waals surface area contributed by atoms with E-state index in [0.29, 0.717) is 5.16 Å². The van der Waals surface area contributed by atoms with Gasteiger partial charge in [0.2, 0.25) is 11.1 Å². The molecule has 1 aromatic carbocycles. The smallest absolute Gasteiger partial charge is 0.325 e. The van der Waals surface area contributed by atoms with Crippen molar-refractivity contribution in [2.75, 3.05) is 5.32 Å². The Morgan fingerprint density at radius 2 is 2.12 bits per heavy atom. The minimum Gasteiger partial charge on any atom is -0.325 e. The summed E-state index contributed by atoms with van der Waals surface area (Å²) in [7, 11) is 0. The fraction of sp³-hybridized carbons (Fsp3) is 0.467. The van der Waals surface area contributed by atoms with Crippen molar-refractivity contribution in [1.29, 1.82) is 0 Å². The van der Waals surface area contributed by atoms with Crippen LogP contribution in [-0.2, 0) is 11.0 Å². The topological polar surface area (TPSA) is 72.7 Å². The highest BCUT2D eigenvalue weighted by atomic mass is 32.2. The number of halogens is 3. The normalized spacial score (nSPS) is 15.9. The van der Waals surface area contributed by atoms with Crippen molar-refractivity contribution in [1.82, 2.24) is 20.2 Å². The molecule has 134 valence electrons. The lowest BCUT2D eigenvalue weighted by atomic mass is 10.1. The van der Waals surface area contributed by atoms with Crippen molar-refractivity contribution < 1.29 is 18.0 Å². The van der Waals surface area contributed by atoms with Crippen LogP contribution in [0.5, 0.6) is 0 Å². The Labute approximate surface area is 146 Å². The Bertz CT molecular complexity index is 788. The van der Waals surface area contributed by atoms with Gasteiger partial charge < -0.3 is 5.32 Å². The van der Waals surface area contributed by atoms with Crippen LogP contribution >= 0.6 is 11.8 Å². The van der Waals surface area contributed by atoms with Crippen molar-refractivity contribution >= 4 is 23.4 Å². The maximum atomic E-state index is 13.0. The highest BCUT2D eigenvalue weighted by Gasteiger charge is 2.33. The van der Waals surface area contributed by atoms with Gasteiger partial charge in [0.15, 0.2) is 0 Å². The third kappa shape index (κ3) is 4.12. The number of anilines is 1. The summed E-state index contributed by atoms with van der Waals surface area (Å²) in [6.07, 6.45) is -2.46. The number of nitrogens with one attached hydrogen (secondary N) is 1. The van der Waals surface area contributed by atoms with Crippen LogP contribution in [0, 0.1) is 6.92 Å². The van der Waals surface area contributed by atoms with Crippen LogP contribution in [0.15, 0.2) is 23.4 Å². The lowest BCUT2D eigenvalue weighted by Crippen LogP contribution is -2.23. The number of hydrogen-bond acceptors (Lipinski definition) is 5. The van der Waals surface area contributed by atoms with Crippen LogP contribution in [0.25, 0.3) is 0 Å². The number of carbonyl (C=O) groups excluding carboxylic acids is 1. The van der Waals surface area contributed by atoms with Crippen molar-refractivity contribution in [2.45, 2.75) is 49.3 Å². The minimum atomic E-state index is -4.46. The molecule has 0 spiro atoms. The molecule has 1 aliphatic rings. The van der Waals surface area contributed by atoms with E-state index in [4.69, 9.17) is 0 Å².